The maximum Gasteiger partial charge on any atom is 0.304 e. The van der Waals surface area contributed by atoms with Crippen molar-refractivity contribution in [3.05, 3.63) is 12.2 Å². The molecule has 0 aliphatic heterocycles. The minimum Gasteiger partial charge on any atom is -0.481 e. The Hall–Kier alpha value is -0.920. The van der Waals surface area contributed by atoms with Gasteiger partial charge in [0.1, 0.15) is 0 Å². The first kappa shape index (κ1) is 15.1. The lowest BCUT2D eigenvalue weighted by atomic mass is 10.4. The van der Waals surface area contributed by atoms with Gasteiger partial charge in [-0.15, -0.1) is 0 Å². The van der Waals surface area contributed by atoms with E-state index in [-0.39, 0.29) is 19.5 Å². The van der Waals surface area contributed by atoms with E-state index in [1.54, 1.807) is 6.92 Å². The minimum atomic E-state index is -3.59. The van der Waals surface area contributed by atoms with Gasteiger partial charge < -0.3 is 5.11 Å². The van der Waals surface area contributed by atoms with Crippen LogP contribution in [-0.4, -0.2) is 55.3 Å². The second-order valence-corrected chi connectivity index (χ2v) is 5.83. The van der Waals surface area contributed by atoms with Crippen LogP contribution in [0.25, 0.3) is 0 Å². The molecule has 0 saturated carbocycles. The first-order valence-electron chi connectivity index (χ1n) is 4.71. The predicted molar refractivity (Wildman–Crippen MR) is 61.2 cm³/mol. The molecule has 0 aliphatic carbocycles. The van der Waals surface area contributed by atoms with E-state index in [1.165, 1.54) is 14.1 Å². The number of nitrogens with zero attached hydrogens (tertiary/aromatic N) is 2. The summed E-state index contributed by atoms with van der Waals surface area (Å²) in [6, 6.07) is 0. The Morgan fingerprint density at radius 3 is 2.19 bits per heavy atom. The Labute approximate surface area is 96.3 Å². The molecule has 6 nitrogen and oxygen atoms in total. The second kappa shape index (κ2) is 5.97. The molecule has 7 heteroatoms. The number of rotatable bonds is 7. The van der Waals surface area contributed by atoms with E-state index in [2.05, 4.69) is 6.58 Å². The van der Waals surface area contributed by atoms with Crippen LogP contribution in [0, 0.1) is 0 Å². The van der Waals surface area contributed by atoms with E-state index in [1.807, 2.05) is 0 Å². The summed E-state index contributed by atoms with van der Waals surface area (Å²) in [5.74, 6) is -1.02. The maximum atomic E-state index is 11.8. The highest BCUT2D eigenvalue weighted by molar-refractivity contribution is 7.86. The molecule has 94 valence electrons. The normalized spacial score (nSPS) is 12.1. The van der Waals surface area contributed by atoms with Crippen LogP contribution < -0.4 is 0 Å². The third-order valence-electron chi connectivity index (χ3n) is 1.92. The van der Waals surface area contributed by atoms with Gasteiger partial charge >= 0.3 is 5.97 Å². The zero-order valence-electron chi connectivity index (χ0n) is 9.80. The van der Waals surface area contributed by atoms with Crippen molar-refractivity contribution in [1.29, 1.82) is 0 Å². The summed E-state index contributed by atoms with van der Waals surface area (Å²) in [6.45, 7) is 5.53. The van der Waals surface area contributed by atoms with Crippen molar-refractivity contribution >= 4 is 16.2 Å². The molecule has 1 N–H and O–H groups in total. The molecule has 0 spiro atoms. The van der Waals surface area contributed by atoms with E-state index in [4.69, 9.17) is 5.11 Å². The van der Waals surface area contributed by atoms with Crippen LogP contribution in [0.4, 0.5) is 0 Å². The molecule has 0 aromatic heterocycles. The zero-order chi connectivity index (χ0) is 12.9. The second-order valence-electron chi connectivity index (χ2n) is 3.69. The van der Waals surface area contributed by atoms with Gasteiger partial charge in [-0.3, -0.25) is 4.79 Å². The quantitative estimate of drug-likeness (QED) is 0.652. The Kier molecular flexibility index (Phi) is 5.63. The van der Waals surface area contributed by atoms with Gasteiger partial charge in [0.15, 0.2) is 0 Å². The van der Waals surface area contributed by atoms with Crippen LogP contribution in [0.3, 0.4) is 0 Å². The molecular formula is C9H18N2O4S. The van der Waals surface area contributed by atoms with Crippen LogP contribution in [0.2, 0.25) is 0 Å². The Balaban J connectivity index is 4.52. The third-order valence-corrected chi connectivity index (χ3v) is 3.81. The van der Waals surface area contributed by atoms with Gasteiger partial charge in [-0.1, -0.05) is 12.2 Å². The summed E-state index contributed by atoms with van der Waals surface area (Å²) in [4.78, 5) is 10.3. The highest BCUT2D eigenvalue weighted by Gasteiger charge is 2.23. The SMILES string of the molecule is C=C(C)CN(C)S(=O)(=O)N(C)CCC(=O)O. The summed E-state index contributed by atoms with van der Waals surface area (Å²) in [7, 11) is -0.801. The number of carbonyl (C=O) groups is 1. The van der Waals surface area contributed by atoms with Crippen LogP contribution in [0.15, 0.2) is 12.2 Å². The van der Waals surface area contributed by atoms with Crippen molar-refractivity contribution in [3.63, 3.8) is 0 Å². The summed E-state index contributed by atoms with van der Waals surface area (Å²) in [5, 5.41) is 8.46. The summed E-state index contributed by atoms with van der Waals surface area (Å²) in [5.41, 5.74) is 0.720. The van der Waals surface area contributed by atoms with Gasteiger partial charge in [-0.05, 0) is 6.92 Å². The topological polar surface area (TPSA) is 77.9 Å². The van der Waals surface area contributed by atoms with E-state index < -0.39 is 16.2 Å². The van der Waals surface area contributed by atoms with Crippen molar-refractivity contribution in [2.45, 2.75) is 13.3 Å². The fraction of sp³-hybridized carbons (Fsp3) is 0.667. The number of likely N-dealkylation sites (N-methyl/N-ethyl adjacent to an activating group) is 1. The molecule has 0 radical (unpaired) electrons. The Bertz CT molecular complexity index is 364. The first-order valence-corrected chi connectivity index (χ1v) is 6.11. The third kappa shape index (κ3) is 4.73. The van der Waals surface area contributed by atoms with Crippen molar-refractivity contribution in [2.24, 2.45) is 0 Å². The number of carboxylic acid groups (broad SMARTS) is 1. The predicted octanol–water partition coefficient (Wildman–Crippen LogP) is 0.146. The lowest BCUT2D eigenvalue weighted by molar-refractivity contribution is -0.137. The summed E-state index contributed by atoms with van der Waals surface area (Å²) >= 11 is 0. The van der Waals surface area contributed by atoms with Gasteiger partial charge in [-0.2, -0.15) is 17.0 Å². The molecule has 0 saturated heterocycles. The van der Waals surface area contributed by atoms with E-state index in [0.717, 1.165) is 14.2 Å². The van der Waals surface area contributed by atoms with Crippen LogP contribution in [0.5, 0.6) is 0 Å². The largest absolute Gasteiger partial charge is 0.481 e. The van der Waals surface area contributed by atoms with Crippen molar-refractivity contribution in [1.82, 2.24) is 8.61 Å². The van der Waals surface area contributed by atoms with Gasteiger partial charge in [0.2, 0.25) is 0 Å². The lowest BCUT2D eigenvalue weighted by Crippen LogP contribution is -2.41. The monoisotopic (exact) mass is 250 g/mol. The molecule has 0 fully saturated rings. The number of hydrogen-bond donors (Lipinski definition) is 1. The highest BCUT2D eigenvalue weighted by atomic mass is 32.2. The van der Waals surface area contributed by atoms with E-state index >= 15 is 0 Å². The molecule has 0 heterocycles. The molecular weight excluding hydrogens is 232 g/mol. The molecule has 0 aliphatic rings. The van der Waals surface area contributed by atoms with Crippen molar-refractivity contribution in [2.75, 3.05) is 27.2 Å². The van der Waals surface area contributed by atoms with E-state index in [9.17, 15) is 13.2 Å². The van der Waals surface area contributed by atoms with Crippen LogP contribution >= 0.6 is 0 Å². The fourth-order valence-corrected chi connectivity index (χ4v) is 2.25. The molecule has 0 rings (SSSR count). The summed E-state index contributed by atoms with van der Waals surface area (Å²) in [6.07, 6.45) is -0.212. The molecule has 0 aromatic carbocycles. The first-order chi connectivity index (χ1) is 7.17. The molecule has 16 heavy (non-hydrogen) atoms. The van der Waals surface area contributed by atoms with Gasteiger partial charge in [-0.25, -0.2) is 0 Å². The van der Waals surface area contributed by atoms with Crippen molar-refractivity contribution < 1.29 is 18.3 Å². The number of aliphatic carboxylic acids is 1. The maximum absolute atomic E-state index is 11.8. The highest BCUT2D eigenvalue weighted by Crippen LogP contribution is 2.06. The molecule has 0 aromatic rings. The van der Waals surface area contributed by atoms with E-state index in [0.29, 0.717) is 0 Å². The van der Waals surface area contributed by atoms with Gasteiger partial charge in [0.05, 0.1) is 6.42 Å². The van der Waals surface area contributed by atoms with Gasteiger partial charge in [0, 0.05) is 27.2 Å². The average Bonchev–Trinajstić information content (AvgIpc) is 2.12. The standard InChI is InChI=1S/C9H18N2O4S/c1-8(2)7-11(4)16(14,15)10(3)6-5-9(12)13/h1,5-7H2,2-4H3,(H,12,13). The fourth-order valence-electron chi connectivity index (χ4n) is 1.07. The lowest BCUT2D eigenvalue weighted by Gasteiger charge is -2.23. The van der Waals surface area contributed by atoms with Crippen molar-refractivity contribution in [3.8, 4) is 0 Å². The minimum absolute atomic E-state index is 0.0435. The van der Waals surface area contributed by atoms with Crippen LogP contribution in [0.1, 0.15) is 13.3 Å². The molecule has 0 atom stereocenters. The molecule has 0 amide bonds. The zero-order valence-corrected chi connectivity index (χ0v) is 10.6. The van der Waals surface area contributed by atoms with Crippen LogP contribution in [-0.2, 0) is 15.0 Å². The summed E-state index contributed by atoms with van der Waals surface area (Å²) < 4.78 is 25.7. The number of carboxylic acids is 1. The average molecular weight is 250 g/mol. The molecule has 0 unspecified atom stereocenters. The molecule has 0 bridgehead atoms. The van der Waals surface area contributed by atoms with Gasteiger partial charge in [0.25, 0.3) is 10.2 Å². The Morgan fingerprint density at radius 1 is 1.31 bits per heavy atom. The Morgan fingerprint density at radius 2 is 1.81 bits per heavy atom. The smallest absolute Gasteiger partial charge is 0.304 e. The number of hydrogen-bond acceptors (Lipinski definition) is 3.